The highest BCUT2D eigenvalue weighted by Gasteiger charge is 2.50. The molecule has 0 saturated heterocycles. The van der Waals surface area contributed by atoms with E-state index in [1.807, 2.05) is 0 Å². The van der Waals surface area contributed by atoms with Crippen molar-refractivity contribution >= 4 is 0 Å². The molecule has 0 spiro atoms. The third-order valence-corrected chi connectivity index (χ3v) is 6.88. The molecule has 0 aliphatic heterocycles. The molecular formula is C19H33NO2. The van der Waals surface area contributed by atoms with Crippen LogP contribution in [-0.4, -0.2) is 37.0 Å². The summed E-state index contributed by atoms with van der Waals surface area (Å²) < 4.78 is 6.01. The van der Waals surface area contributed by atoms with Gasteiger partial charge in [0.1, 0.15) is 0 Å². The van der Waals surface area contributed by atoms with Crippen LogP contribution in [0.2, 0.25) is 0 Å². The van der Waals surface area contributed by atoms with Crippen LogP contribution in [0.15, 0.2) is 0 Å². The van der Waals surface area contributed by atoms with Crippen LogP contribution in [-0.2, 0) is 4.74 Å². The number of aliphatic hydroxyl groups is 1. The average Bonchev–Trinajstić information content (AvgIpc) is 2.96. The van der Waals surface area contributed by atoms with Crippen LogP contribution in [0, 0.1) is 23.2 Å². The molecule has 5 saturated carbocycles. The Morgan fingerprint density at radius 2 is 1.59 bits per heavy atom. The maximum absolute atomic E-state index is 10.1. The topological polar surface area (TPSA) is 41.5 Å². The summed E-state index contributed by atoms with van der Waals surface area (Å²) >= 11 is 0. The van der Waals surface area contributed by atoms with Crippen molar-refractivity contribution in [3.63, 3.8) is 0 Å². The molecule has 4 bridgehead atoms. The van der Waals surface area contributed by atoms with Crippen molar-refractivity contribution in [2.45, 2.75) is 76.4 Å². The van der Waals surface area contributed by atoms with Crippen LogP contribution < -0.4 is 5.32 Å². The number of aliphatic hydroxyl groups excluding tert-OH is 1. The van der Waals surface area contributed by atoms with Crippen molar-refractivity contribution in [2.75, 3.05) is 19.8 Å². The summed E-state index contributed by atoms with van der Waals surface area (Å²) in [4.78, 5) is 0. The predicted octanol–water partition coefficient (Wildman–Crippen LogP) is 3.11. The van der Waals surface area contributed by atoms with Gasteiger partial charge in [-0.1, -0.05) is 12.8 Å². The highest BCUT2D eigenvalue weighted by atomic mass is 16.5. The monoisotopic (exact) mass is 307 g/mol. The summed E-state index contributed by atoms with van der Waals surface area (Å²) in [6.07, 6.45) is 13.6. The molecule has 5 fully saturated rings. The minimum Gasteiger partial charge on any atom is -0.389 e. The van der Waals surface area contributed by atoms with Gasteiger partial charge in [0.15, 0.2) is 0 Å². The molecular weight excluding hydrogens is 274 g/mol. The third kappa shape index (κ3) is 3.37. The van der Waals surface area contributed by atoms with Crippen LogP contribution in [0.25, 0.3) is 0 Å². The van der Waals surface area contributed by atoms with Crippen LogP contribution >= 0.6 is 0 Å². The molecule has 1 atom stereocenters. The minimum absolute atomic E-state index is 0.338. The number of ether oxygens (including phenoxy) is 1. The quantitative estimate of drug-likeness (QED) is 0.759. The summed E-state index contributed by atoms with van der Waals surface area (Å²) in [6.45, 7) is 2.12. The lowest BCUT2D eigenvalue weighted by atomic mass is 9.50. The van der Waals surface area contributed by atoms with E-state index >= 15 is 0 Å². The first-order valence-electron chi connectivity index (χ1n) is 9.70. The number of nitrogens with one attached hydrogen (secondary N) is 1. The third-order valence-electron chi connectivity index (χ3n) is 6.88. The molecule has 5 aliphatic carbocycles. The van der Waals surface area contributed by atoms with E-state index in [0.29, 0.717) is 24.6 Å². The van der Waals surface area contributed by atoms with E-state index in [1.165, 1.54) is 64.2 Å². The fourth-order valence-electron chi connectivity index (χ4n) is 6.37. The van der Waals surface area contributed by atoms with E-state index in [0.717, 1.165) is 24.4 Å². The van der Waals surface area contributed by atoms with Crippen LogP contribution in [0.4, 0.5) is 0 Å². The minimum atomic E-state index is -0.338. The van der Waals surface area contributed by atoms with Gasteiger partial charge in [0.05, 0.1) is 19.3 Å². The van der Waals surface area contributed by atoms with Crippen LogP contribution in [0.3, 0.4) is 0 Å². The van der Waals surface area contributed by atoms with Crippen molar-refractivity contribution in [3.05, 3.63) is 0 Å². The van der Waals surface area contributed by atoms with Crippen molar-refractivity contribution < 1.29 is 9.84 Å². The van der Waals surface area contributed by atoms with Crippen LogP contribution in [0.5, 0.6) is 0 Å². The normalized spacial score (nSPS) is 42.1. The zero-order valence-corrected chi connectivity index (χ0v) is 13.9. The molecule has 0 amide bonds. The van der Waals surface area contributed by atoms with Gasteiger partial charge in [-0.05, 0) is 74.5 Å². The van der Waals surface area contributed by atoms with E-state index in [1.54, 1.807) is 0 Å². The lowest BCUT2D eigenvalue weighted by molar-refractivity contribution is -0.105. The maximum Gasteiger partial charge on any atom is 0.0897 e. The van der Waals surface area contributed by atoms with E-state index < -0.39 is 0 Å². The molecule has 3 heteroatoms. The van der Waals surface area contributed by atoms with Gasteiger partial charge >= 0.3 is 0 Å². The second-order valence-electron chi connectivity index (χ2n) is 8.98. The number of rotatable bonds is 7. The highest BCUT2D eigenvalue weighted by Crippen LogP contribution is 2.60. The van der Waals surface area contributed by atoms with E-state index in [2.05, 4.69) is 5.32 Å². The molecule has 2 N–H and O–H groups in total. The molecule has 0 aromatic carbocycles. The van der Waals surface area contributed by atoms with Crippen molar-refractivity contribution in [1.82, 2.24) is 5.32 Å². The second kappa shape index (κ2) is 6.41. The number of hydrogen-bond acceptors (Lipinski definition) is 3. The molecule has 0 aromatic rings. The standard InChI is InChI=1S/C19H33NO2/c21-18(11-20-17-3-1-2-4-17)12-22-13-19-8-14-5-15(9-19)7-16(6-14)10-19/h14-18,20-21H,1-13H2/t14?,15?,16?,18-,19?/m1/s1. The van der Waals surface area contributed by atoms with Gasteiger partial charge in [-0.2, -0.15) is 0 Å². The summed E-state index contributed by atoms with van der Waals surface area (Å²) in [5.74, 6) is 2.97. The van der Waals surface area contributed by atoms with Gasteiger partial charge in [0.2, 0.25) is 0 Å². The SMILES string of the molecule is O[C@H](CNC1CCCC1)COCC12CC3CC(CC(C3)C1)C2. The Hall–Kier alpha value is -0.120. The van der Waals surface area contributed by atoms with Gasteiger partial charge < -0.3 is 15.2 Å². The Balaban J connectivity index is 1.18. The first-order chi connectivity index (χ1) is 10.7. The summed E-state index contributed by atoms with van der Waals surface area (Å²) in [6, 6.07) is 0.637. The van der Waals surface area contributed by atoms with Gasteiger partial charge in [0.25, 0.3) is 0 Å². The lowest BCUT2D eigenvalue weighted by Crippen LogP contribution is -2.48. The Kier molecular flexibility index (Phi) is 4.49. The molecule has 22 heavy (non-hydrogen) atoms. The highest BCUT2D eigenvalue weighted by molar-refractivity contribution is 5.01. The maximum atomic E-state index is 10.1. The van der Waals surface area contributed by atoms with Crippen molar-refractivity contribution in [3.8, 4) is 0 Å². The molecule has 0 unspecified atom stereocenters. The van der Waals surface area contributed by atoms with E-state index in [4.69, 9.17) is 4.74 Å². The van der Waals surface area contributed by atoms with Gasteiger partial charge in [-0.25, -0.2) is 0 Å². The molecule has 5 aliphatic rings. The second-order valence-corrected chi connectivity index (χ2v) is 8.98. The molecule has 5 rings (SSSR count). The van der Waals surface area contributed by atoms with E-state index in [-0.39, 0.29) is 6.10 Å². The largest absolute Gasteiger partial charge is 0.389 e. The Bertz CT molecular complexity index is 342. The Morgan fingerprint density at radius 3 is 2.18 bits per heavy atom. The molecule has 3 nitrogen and oxygen atoms in total. The van der Waals surface area contributed by atoms with Crippen molar-refractivity contribution in [2.24, 2.45) is 23.2 Å². The predicted molar refractivity (Wildman–Crippen MR) is 87.7 cm³/mol. The van der Waals surface area contributed by atoms with Gasteiger partial charge in [0, 0.05) is 12.6 Å². The van der Waals surface area contributed by atoms with Crippen molar-refractivity contribution in [1.29, 1.82) is 0 Å². The zero-order valence-electron chi connectivity index (χ0n) is 13.9. The Labute approximate surface area is 135 Å². The lowest BCUT2D eigenvalue weighted by Gasteiger charge is -2.56. The summed E-state index contributed by atoms with van der Waals surface area (Å²) in [5, 5.41) is 13.6. The smallest absolute Gasteiger partial charge is 0.0897 e. The summed E-state index contributed by atoms with van der Waals surface area (Å²) in [5.41, 5.74) is 0.480. The van der Waals surface area contributed by atoms with Gasteiger partial charge in [-0.3, -0.25) is 0 Å². The first kappa shape index (κ1) is 15.4. The molecule has 0 heterocycles. The summed E-state index contributed by atoms with van der Waals surface area (Å²) in [7, 11) is 0. The average molecular weight is 307 g/mol. The Morgan fingerprint density at radius 1 is 1.00 bits per heavy atom. The fourth-order valence-corrected chi connectivity index (χ4v) is 6.37. The zero-order chi connectivity index (χ0) is 15.0. The van der Waals surface area contributed by atoms with E-state index in [9.17, 15) is 5.11 Å². The van der Waals surface area contributed by atoms with Gasteiger partial charge in [-0.15, -0.1) is 0 Å². The number of hydrogen-bond donors (Lipinski definition) is 2. The fraction of sp³-hybridized carbons (Fsp3) is 1.00. The first-order valence-corrected chi connectivity index (χ1v) is 9.70. The molecule has 126 valence electrons. The molecule has 0 radical (unpaired) electrons. The molecule has 0 aromatic heterocycles. The van der Waals surface area contributed by atoms with Crippen LogP contribution in [0.1, 0.15) is 64.2 Å².